The molecule has 2 fully saturated rings. The van der Waals surface area contributed by atoms with Gasteiger partial charge in [-0.1, -0.05) is 34.1 Å². The fourth-order valence-corrected chi connectivity index (χ4v) is 4.07. The number of rotatable bonds is 4. The van der Waals surface area contributed by atoms with E-state index in [1.165, 1.54) is 39.2 Å². The number of carboxylic acid groups (broad SMARTS) is 1. The van der Waals surface area contributed by atoms with Crippen LogP contribution in [0, 0.1) is 23.2 Å². The summed E-state index contributed by atoms with van der Waals surface area (Å²) in [6.45, 7) is 8.67. The van der Waals surface area contributed by atoms with Gasteiger partial charge >= 0.3 is 5.97 Å². The molecule has 0 saturated heterocycles. The van der Waals surface area contributed by atoms with Gasteiger partial charge in [0.05, 0.1) is 0 Å². The molecule has 0 aromatic rings. The van der Waals surface area contributed by atoms with Gasteiger partial charge < -0.3 is 10.8 Å². The molecule has 1 unspecified atom stereocenters. The van der Waals surface area contributed by atoms with E-state index in [2.05, 4.69) is 19.6 Å². The predicted molar refractivity (Wildman–Crippen MR) is 81.0 cm³/mol. The van der Waals surface area contributed by atoms with E-state index < -0.39 is 5.97 Å². The van der Waals surface area contributed by atoms with Crippen molar-refractivity contribution < 1.29 is 9.90 Å². The molecule has 2 saturated carbocycles. The van der Waals surface area contributed by atoms with Gasteiger partial charge in [0.2, 0.25) is 0 Å². The van der Waals surface area contributed by atoms with Gasteiger partial charge in [-0.05, 0) is 55.9 Å². The lowest BCUT2D eigenvalue weighted by molar-refractivity contribution is -0.141. The molecule has 0 radical (unpaired) electrons. The van der Waals surface area contributed by atoms with Gasteiger partial charge in [-0.2, -0.15) is 0 Å². The average Bonchev–Trinajstić information content (AvgIpc) is 2.64. The highest BCUT2D eigenvalue weighted by molar-refractivity contribution is 5.67. The zero-order valence-corrected chi connectivity index (χ0v) is 13.4. The van der Waals surface area contributed by atoms with Crippen molar-refractivity contribution in [2.45, 2.75) is 66.2 Å². The minimum atomic E-state index is -0.609. The first kappa shape index (κ1) is 18.4. The van der Waals surface area contributed by atoms with Crippen LogP contribution in [0.5, 0.6) is 0 Å². The number of fused-ring (bicyclic) bond motifs is 1. The third-order valence-corrected chi connectivity index (χ3v) is 4.88. The molecular weight excluding hydrogens is 238 g/mol. The maximum atomic E-state index is 10.7. The summed E-state index contributed by atoms with van der Waals surface area (Å²) in [4.78, 5) is 10.7. The number of hydrogen-bond acceptors (Lipinski definition) is 2. The van der Waals surface area contributed by atoms with E-state index >= 15 is 0 Å². The molecule has 114 valence electrons. The molecule has 0 bridgehead atoms. The second-order valence-corrected chi connectivity index (χ2v) is 5.81. The highest BCUT2D eigenvalue weighted by Gasteiger charge is 2.54. The standard InChI is InChI=1S/C13H22O2.C2H6.CH5N/c1-3-5-13(2)6-4-10-9(7-11(10)13)8-12(14)15;2*1-2/h9-11H,3-8H2,1-2H3,(H,14,15);1-2H3;2H2,1H3/t9?,10-,11+,13-;;/m1../s1. The number of carboxylic acids is 1. The molecule has 0 spiro atoms. The molecule has 3 heteroatoms. The maximum absolute atomic E-state index is 10.7. The lowest BCUT2D eigenvalue weighted by Gasteiger charge is -2.47. The average molecular weight is 271 g/mol. The molecule has 0 aliphatic heterocycles. The maximum Gasteiger partial charge on any atom is 0.303 e. The van der Waals surface area contributed by atoms with Gasteiger partial charge in [0.25, 0.3) is 0 Å². The number of aliphatic carboxylic acids is 1. The summed E-state index contributed by atoms with van der Waals surface area (Å²) in [6, 6.07) is 0. The van der Waals surface area contributed by atoms with Crippen molar-refractivity contribution in [2.24, 2.45) is 28.9 Å². The molecule has 3 nitrogen and oxygen atoms in total. The van der Waals surface area contributed by atoms with Crippen molar-refractivity contribution in [1.82, 2.24) is 0 Å². The van der Waals surface area contributed by atoms with Gasteiger partial charge in [0.1, 0.15) is 0 Å². The van der Waals surface area contributed by atoms with Crippen molar-refractivity contribution in [3.8, 4) is 0 Å². The summed E-state index contributed by atoms with van der Waals surface area (Å²) >= 11 is 0. The Kier molecular flexibility index (Phi) is 8.31. The van der Waals surface area contributed by atoms with Crippen LogP contribution in [0.3, 0.4) is 0 Å². The van der Waals surface area contributed by atoms with Crippen LogP contribution in [0.1, 0.15) is 66.2 Å². The van der Waals surface area contributed by atoms with Crippen LogP contribution in [0.25, 0.3) is 0 Å². The lowest BCUT2D eigenvalue weighted by atomic mass is 9.58. The quantitative estimate of drug-likeness (QED) is 0.814. The Labute approximate surface area is 119 Å². The smallest absolute Gasteiger partial charge is 0.303 e. The van der Waals surface area contributed by atoms with Gasteiger partial charge in [0, 0.05) is 6.42 Å². The second-order valence-electron chi connectivity index (χ2n) is 5.81. The monoisotopic (exact) mass is 271 g/mol. The Morgan fingerprint density at radius 2 is 1.95 bits per heavy atom. The van der Waals surface area contributed by atoms with Crippen LogP contribution in [0.15, 0.2) is 0 Å². The molecule has 0 heterocycles. The minimum Gasteiger partial charge on any atom is -0.481 e. The zero-order chi connectivity index (χ0) is 15.1. The first-order valence-electron chi connectivity index (χ1n) is 7.86. The van der Waals surface area contributed by atoms with E-state index in [-0.39, 0.29) is 0 Å². The SMILES string of the molecule is CC.CCC[C@]1(C)CC[C@@H]2C(CC(=O)O)C[C@@H]21.CN. The Hall–Kier alpha value is -0.570. The summed E-state index contributed by atoms with van der Waals surface area (Å²) in [5.74, 6) is 1.45. The van der Waals surface area contributed by atoms with Crippen LogP contribution in [-0.2, 0) is 4.79 Å². The van der Waals surface area contributed by atoms with Gasteiger partial charge in [-0.25, -0.2) is 0 Å². The first-order chi connectivity index (χ1) is 9.07. The van der Waals surface area contributed by atoms with Crippen LogP contribution in [0.4, 0.5) is 0 Å². The van der Waals surface area contributed by atoms with E-state index in [9.17, 15) is 4.79 Å². The lowest BCUT2D eigenvalue weighted by Crippen LogP contribution is -2.40. The molecule has 3 N–H and O–H groups in total. The normalized spacial score (nSPS) is 34.9. The summed E-state index contributed by atoms with van der Waals surface area (Å²) in [5, 5.41) is 8.80. The topological polar surface area (TPSA) is 63.3 Å². The molecule has 2 aliphatic carbocycles. The van der Waals surface area contributed by atoms with Crippen LogP contribution in [-0.4, -0.2) is 18.1 Å². The second kappa shape index (κ2) is 8.57. The number of nitrogens with two attached hydrogens (primary N) is 1. The molecule has 0 amide bonds. The molecule has 0 aromatic carbocycles. The minimum absolute atomic E-state index is 0.406. The van der Waals surface area contributed by atoms with Crippen molar-refractivity contribution in [3.63, 3.8) is 0 Å². The number of hydrogen-bond donors (Lipinski definition) is 2. The van der Waals surface area contributed by atoms with E-state index in [0.29, 0.717) is 17.8 Å². The van der Waals surface area contributed by atoms with E-state index in [1.54, 1.807) is 0 Å². The summed E-state index contributed by atoms with van der Waals surface area (Å²) in [6.07, 6.45) is 6.78. The predicted octanol–water partition coefficient (Wildman–Crippen LogP) is 3.91. The first-order valence-corrected chi connectivity index (χ1v) is 7.86. The molecule has 4 atom stereocenters. The van der Waals surface area contributed by atoms with Crippen LogP contribution < -0.4 is 5.73 Å². The largest absolute Gasteiger partial charge is 0.481 e. The summed E-state index contributed by atoms with van der Waals surface area (Å²) in [7, 11) is 1.50. The molecule has 2 aliphatic rings. The van der Waals surface area contributed by atoms with Crippen molar-refractivity contribution in [1.29, 1.82) is 0 Å². The van der Waals surface area contributed by atoms with Gasteiger partial charge in [0.15, 0.2) is 0 Å². The van der Waals surface area contributed by atoms with Crippen molar-refractivity contribution >= 4 is 5.97 Å². The van der Waals surface area contributed by atoms with E-state index in [0.717, 1.165) is 11.8 Å². The highest BCUT2D eigenvalue weighted by Crippen LogP contribution is 2.62. The molecular formula is C16H33NO2. The van der Waals surface area contributed by atoms with Gasteiger partial charge in [-0.3, -0.25) is 4.79 Å². The fourth-order valence-electron chi connectivity index (χ4n) is 4.07. The molecule has 0 aromatic heterocycles. The van der Waals surface area contributed by atoms with Gasteiger partial charge in [-0.15, -0.1) is 0 Å². The van der Waals surface area contributed by atoms with E-state index in [1.807, 2.05) is 13.8 Å². The fraction of sp³-hybridized carbons (Fsp3) is 0.938. The summed E-state index contributed by atoms with van der Waals surface area (Å²) < 4.78 is 0. The Balaban J connectivity index is 0.000000741. The van der Waals surface area contributed by atoms with Crippen LogP contribution >= 0.6 is 0 Å². The highest BCUT2D eigenvalue weighted by atomic mass is 16.4. The Morgan fingerprint density at radius 3 is 2.42 bits per heavy atom. The molecule has 19 heavy (non-hydrogen) atoms. The van der Waals surface area contributed by atoms with Crippen molar-refractivity contribution in [2.75, 3.05) is 7.05 Å². The van der Waals surface area contributed by atoms with E-state index in [4.69, 9.17) is 5.11 Å². The Morgan fingerprint density at radius 1 is 1.37 bits per heavy atom. The zero-order valence-electron chi connectivity index (χ0n) is 13.4. The third-order valence-electron chi connectivity index (χ3n) is 4.88. The van der Waals surface area contributed by atoms with Crippen LogP contribution in [0.2, 0.25) is 0 Å². The summed E-state index contributed by atoms with van der Waals surface area (Å²) in [5.41, 5.74) is 5.04. The third kappa shape index (κ3) is 4.20. The van der Waals surface area contributed by atoms with Crippen molar-refractivity contribution in [3.05, 3.63) is 0 Å². The molecule has 2 rings (SSSR count). The number of carbonyl (C=O) groups is 1. The Bertz CT molecular complexity index is 267.